The van der Waals surface area contributed by atoms with Gasteiger partial charge in [-0.3, -0.25) is 4.98 Å². The summed E-state index contributed by atoms with van der Waals surface area (Å²) in [5.41, 5.74) is -0.596. The Morgan fingerprint density at radius 3 is 2.57 bits per heavy atom. The van der Waals surface area contributed by atoms with Crippen molar-refractivity contribution in [2.24, 2.45) is 5.92 Å². The molecule has 4 rings (SSSR count). The minimum Gasteiger partial charge on any atom is -0.373 e. The summed E-state index contributed by atoms with van der Waals surface area (Å²) in [4.78, 5) is 17.2. The molecule has 11 heteroatoms. The minimum atomic E-state index is -4.60. The summed E-state index contributed by atoms with van der Waals surface area (Å²) in [5.74, 6) is 0.297. The largest absolute Gasteiger partial charge is 0.418 e. The van der Waals surface area contributed by atoms with Crippen LogP contribution in [0.3, 0.4) is 0 Å². The van der Waals surface area contributed by atoms with Gasteiger partial charge in [0.2, 0.25) is 0 Å². The molecule has 0 unspecified atom stereocenters. The second-order valence-electron chi connectivity index (χ2n) is 8.12. The summed E-state index contributed by atoms with van der Waals surface area (Å²) in [6.07, 6.45) is -3.33. The monoisotopic (exact) mass is 505 g/mol. The van der Waals surface area contributed by atoms with E-state index < -0.39 is 17.6 Å². The molecule has 4 aromatic rings. The van der Waals surface area contributed by atoms with Crippen LogP contribution in [0.1, 0.15) is 25.2 Å². The lowest BCUT2D eigenvalue weighted by atomic mass is 10.1. The van der Waals surface area contributed by atoms with Gasteiger partial charge in [-0.1, -0.05) is 25.4 Å². The summed E-state index contributed by atoms with van der Waals surface area (Å²) in [5, 5.41) is 3.41. The molecule has 0 aliphatic heterocycles. The third-order valence-corrected chi connectivity index (χ3v) is 5.12. The Kier molecular flexibility index (Phi) is 7.13. The van der Waals surface area contributed by atoms with Gasteiger partial charge >= 0.3 is 6.18 Å². The van der Waals surface area contributed by atoms with E-state index in [1.807, 2.05) is 13.8 Å². The van der Waals surface area contributed by atoms with Crippen LogP contribution in [0.5, 0.6) is 0 Å². The van der Waals surface area contributed by atoms with Gasteiger partial charge in [0.25, 0.3) is 0 Å². The van der Waals surface area contributed by atoms with Crippen molar-refractivity contribution in [3.63, 3.8) is 0 Å². The number of hydrogen-bond donors (Lipinski definition) is 1. The lowest BCUT2D eigenvalue weighted by Crippen LogP contribution is -2.10. The van der Waals surface area contributed by atoms with E-state index in [0.717, 1.165) is 6.07 Å². The number of alkyl halides is 3. The number of pyridine rings is 2. The summed E-state index contributed by atoms with van der Waals surface area (Å²) >= 11 is 5.89. The van der Waals surface area contributed by atoms with Gasteiger partial charge in [0.1, 0.15) is 23.9 Å². The van der Waals surface area contributed by atoms with Gasteiger partial charge in [-0.15, -0.1) is 0 Å². The number of anilines is 2. The van der Waals surface area contributed by atoms with Crippen LogP contribution in [0.2, 0.25) is 5.02 Å². The van der Waals surface area contributed by atoms with E-state index in [-0.39, 0.29) is 40.4 Å². The normalized spacial score (nSPS) is 11.9. The van der Waals surface area contributed by atoms with Crippen LogP contribution < -0.4 is 5.32 Å². The van der Waals surface area contributed by atoms with Crippen molar-refractivity contribution in [3.05, 3.63) is 70.9 Å². The zero-order valence-electron chi connectivity index (χ0n) is 18.7. The number of benzene rings is 1. The smallest absolute Gasteiger partial charge is 0.373 e. The van der Waals surface area contributed by atoms with Gasteiger partial charge in [0.05, 0.1) is 21.7 Å². The first-order valence-electron chi connectivity index (χ1n) is 10.6. The van der Waals surface area contributed by atoms with Crippen molar-refractivity contribution in [1.82, 2.24) is 19.9 Å². The second kappa shape index (κ2) is 10.1. The second-order valence-corrected chi connectivity index (χ2v) is 8.52. The summed E-state index contributed by atoms with van der Waals surface area (Å²) in [6, 6.07) is 9.22. The molecule has 0 bridgehead atoms. The molecule has 0 saturated carbocycles. The summed E-state index contributed by atoms with van der Waals surface area (Å²) in [6.45, 7) is 4.52. The molecule has 3 heterocycles. The third-order valence-electron chi connectivity index (χ3n) is 4.83. The fourth-order valence-corrected chi connectivity index (χ4v) is 3.46. The van der Waals surface area contributed by atoms with Gasteiger partial charge in [-0.2, -0.15) is 13.2 Å². The first-order chi connectivity index (χ1) is 16.6. The summed E-state index contributed by atoms with van der Waals surface area (Å²) in [7, 11) is 0. The molecule has 0 amide bonds. The first kappa shape index (κ1) is 24.7. The van der Waals surface area contributed by atoms with Crippen LogP contribution in [0.4, 0.5) is 29.1 Å². The lowest BCUT2D eigenvalue weighted by molar-refractivity contribution is -0.137. The highest BCUT2D eigenvalue weighted by Crippen LogP contribution is 2.36. The zero-order valence-corrected chi connectivity index (χ0v) is 19.5. The lowest BCUT2D eigenvalue weighted by Gasteiger charge is -2.14. The fraction of sp³-hybridized carbons (Fsp3) is 0.250. The van der Waals surface area contributed by atoms with Crippen molar-refractivity contribution in [2.75, 3.05) is 11.9 Å². The minimum absolute atomic E-state index is 0.00829. The molecule has 0 spiro atoms. The van der Waals surface area contributed by atoms with Gasteiger partial charge < -0.3 is 10.1 Å². The van der Waals surface area contributed by atoms with E-state index in [2.05, 4.69) is 25.3 Å². The highest BCUT2D eigenvalue weighted by Gasteiger charge is 2.34. The van der Waals surface area contributed by atoms with E-state index in [0.29, 0.717) is 23.5 Å². The van der Waals surface area contributed by atoms with Crippen LogP contribution in [0, 0.1) is 11.7 Å². The van der Waals surface area contributed by atoms with Crippen molar-refractivity contribution >= 4 is 34.1 Å². The molecular formula is C24H20ClF4N5O. The maximum absolute atomic E-state index is 13.6. The van der Waals surface area contributed by atoms with Gasteiger partial charge in [0.15, 0.2) is 11.5 Å². The summed E-state index contributed by atoms with van der Waals surface area (Å²) < 4.78 is 59.8. The predicted molar refractivity (Wildman–Crippen MR) is 125 cm³/mol. The Balaban J connectivity index is 1.80. The molecule has 1 aromatic carbocycles. The molecule has 0 saturated heterocycles. The Hall–Kier alpha value is -3.37. The topological polar surface area (TPSA) is 72.8 Å². The molecule has 3 aromatic heterocycles. The predicted octanol–water partition coefficient (Wildman–Crippen LogP) is 6.81. The molecule has 6 nitrogen and oxygen atoms in total. The Bertz CT molecular complexity index is 1360. The SMILES string of the molecule is CC(C)COCc1nc(Nc2ccc(F)c(Cl)c2)c2ccc(-c3ncccc3C(F)(F)F)nc2n1. The van der Waals surface area contributed by atoms with Crippen LogP contribution >= 0.6 is 11.6 Å². The van der Waals surface area contributed by atoms with E-state index in [9.17, 15) is 17.6 Å². The third kappa shape index (κ3) is 5.83. The number of nitrogens with zero attached hydrogens (tertiary/aromatic N) is 4. The number of hydrogen-bond acceptors (Lipinski definition) is 6. The van der Waals surface area contributed by atoms with Gasteiger partial charge in [-0.05, 0) is 48.4 Å². The molecular weight excluding hydrogens is 486 g/mol. The maximum atomic E-state index is 13.6. The zero-order chi connectivity index (χ0) is 25.2. The molecule has 0 radical (unpaired) electrons. The molecule has 182 valence electrons. The molecule has 1 N–H and O–H groups in total. The molecule has 0 aliphatic carbocycles. The number of nitrogens with one attached hydrogen (secondary N) is 1. The number of ether oxygens (including phenoxy) is 1. The van der Waals surface area contributed by atoms with Crippen LogP contribution in [0.25, 0.3) is 22.4 Å². The first-order valence-corrected chi connectivity index (χ1v) is 11.0. The Morgan fingerprint density at radius 1 is 1.06 bits per heavy atom. The van der Waals surface area contributed by atoms with E-state index in [1.54, 1.807) is 6.07 Å². The van der Waals surface area contributed by atoms with Crippen LogP contribution in [0.15, 0.2) is 48.7 Å². The van der Waals surface area contributed by atoms with Crippen molar-refractivity contribution in [2.45, 2.75) is 26.6 Å². The maximum Gasteiger partial charge on any atom is 0.418 e. The van der Waals surface area contributed by atoms with Crippen molar-refractivity contribution < 1.29 is 22.3 Å². The molecule has 35 heavy (non-hydrogen) atoms. The van der Waals surface area contributed by atoms with Crippen molar-refractivity contribution in [3.8, 4) is 11.4 Å². The molecule has 0 fully saturated rings. The van der Waals surface area contributed by atoms with Crippen LogP contribution in [-0.4, -0.2) is 26.5 Å². The van der Waals surface area contributed by atoms with E-state index >= 15 is 0 Å². The van der Waals surface area contributed by atoms with E-state index in [4.69, 9.17) is 16.3 Å². The molecule has 0 aliphatic rings. The highest BCUT2D eigenvalue weighted by molar-refractivity contribution is 6.31. The number of fused-ring (bicyclic) bond motifs is 1. The fourth-order valence-electron chi connectivity index (χ4n) is 3.28. The molecule has 0 atom stereocenters. The average molecular weight is 506 g/mol. The number of halogens is 5. The van der Waals surface area contributed by atoms with E-state index in [1.165, 1.54) is 36.5 Å². The number of aromatic nitrogens is 4. The van der Waals surface area contributed by atoms with Crippen molar-refractivity contribution in [1.29, 1.82) is 0 Å². The van der Waals surface area contributed by atoms with Gasteiger partial charge in [-0.25, -0.2) is 19.3 Å². The highest BCUT2D eigenvalue weighted by atomic mass is 35.5. The Morgan fingerprint density at radius 2 is 1.86 bits per heavy atom. The van der Waals surface area contributed by atoms with Gasteiger partial charge in [0, 0.05) is 18.5 Å². The quantitative estimate of drug-likeness (QED) is 0.278. The average Bonchev–Trinajstić information content (AvgIpc) is 2.80. The Labute approximate surface area is 203 Å². The standard InChI is InChI=1S/C24H20ClF4N5O/c1-13(2)11-35-12-20-33-22(31-14-5-7-18(26)17(25)10-14)15-6-8-19(32-23(15)34-20)21-16(24(27,28)29)4-3-9-30-21/h3-10,13H,11-12H2,1-2H3,(H,31,32,33,34). The van der Waals surface area contributed by atoms with Crippen LogP contribution in [-0.2, 0) is 17.5 Å². The number of rotatable bonds is 7.